The van der Waals surface area contributed by atoms with Gasteiger partial charge in [-0.25, -0.2) is 4.79 Å². The van der Waals surface area contributed by atoms with Gasteiger partial charge in [0.25, 0.3) is 0 Å². The van der Waals surface area contributed by atoms with Gasteiger partial charge in [-0.15, -0.1) is 0 Å². The molecule has 0 atom stereocenters. The molecule has 74 valence electrons. The normalized spacial score (nSPS) is 10.7. The summed E-state index contributed by atoms with van der Waals surface area (Å²) in [5, 5.41) is 18.4. The number of carboxylic acid groups (broad SMARTS) is 1. The molecule has 0 radical (unpaired) electrons. The summed E-state index contributed by atoms with van der Waals surface area (Å²) in [6.45, 7) is 3.60. The molecule has 0 heterocycles. The van der Waals surface area contributed by atoms with Crippen molar-refractivity contribution in [1.82, 2.24) is 0 Å². The Morgan fingerprint density at radius 1 is 1.43 bits per heavy atom. The molecule has 0 aromatic heterocycles. The summed E-state index contributed by atoms with van der Waals surface area (Å²) >= 11 is 0. The molecule has 1 rings (SSSR count). The van der Waals surface area contributed by atoms with Gasteiger partial charge < -0.3 is 10.2 Å². The maximum absolute atomic E-state index is 10.7. The molecule has 0 bridgehead atoms. The number of aromatic carboxylic acids is 1. The molecule has 0 spiro atoms. The second-order valence-corrected chi connectivity index (χ2v) is 3.06. The van der Waals surface area contributed by atoms with Crippen LogP contribution < -0.4 is 0 Å². The lowest BCUT2D eigenvalue weighted by Gasteiger charge is -2.05. The van der Waals surface area contributed by atoms with Crippen LogP contribution in [0, 0.1) is 6.92 Å². The molecule has 0 fully saturated rings. The number of hydrogen-bond donors (Lipinski definition) is 2. The molecular formula is C11H12O3. The van der Waals surface area contributed by atoms with E-state index < -0.39 is 5.97 Å². The number of rotatable bonds is 2. The van der Waals surface area contributed by atoms with Crippen LogP contribution in [0.15, 0.2) is 18.2 Å². The van der Waals surface area contributed by atoms with Gasteiger partial charge in [-0.05, 0) is 31.5 Å². The third kappa shape index (κ3) is 1.93. The molecule has 3 heteroatoms. The molecule has 1 aromatic carbocycles. The average Bonchev–Trinajstić information content (AvgIpc) is 2.10. The topological polar surface area (TPSA) is 57.5 Å². The predicted molar refractivity (Wildman–Crippen MR) is 54.5 cm³/mol. The van der Waals surface area contributed by atoms with E-state index in [1.807, 2.05) is 6.92 Å². The molecule has 0 aliphatic rings. The molecule has 0 aliphatic carbocycles. The summed E-state index contributed by atoms with van der Waals surface area (Å²) in [6.07, 6.45) is 3.43. The van der Waals surface area contributed by atoms with E-state index in [-0.39, 0.29) is 11.3 Å². The molecule has 0 amide bonds. The zero-order valence-electron chi connectivity index (χ0n) is 8.11. The highest BCUT2D eigenvalue weighted by Gasteiger charge is 2.12. The van der Waals surface area contributed by atoms with E-state index in [2.05, 4.69) is 0 Å². The van der Waals surface area contributed by atoms with Gasteiger partial charge in [0.15, 0.2) is 0 Å². The Morgan fingerprint density at radius 2 is 2.07 bits per heavy atom. The first kappa shape index (κ1) is 10.3. The van der Waals surface area contributed by atoms with Crippen molar-refractivity contribution in [2.24, 2.45) is 0 Å². The number of phenols is 1. The summed E-state index contributed by atoms with van der Waals surface area (Å²) < 4.78 is 0. The maximum Gasteiger partial charge on any atom is 0.339 e. The largest absolute Gasteiger partial charge is 0.506 e. The smallest absolute Gasteiger partial charge is 0.339 e. The number of aromatic hydroxyl groups is 1. The predicted octanol–water partition coefficient (Wildman–Crippen LogP) is 2.43. The first-order chi connectivity index (χ1) is 6.56. The summed E-state index contributed by atoms with van der Waals surface area (Å²) in [7, 11) is 0. The fraction of sp³-hybridized carbons (Fsp3) is 0.182. The van der Waals surface area contributed by atoms with Crippen LogP contribution in [0.25, 0.3) is 6.08 Å². The summed E-state index contributed by atoms with van der Waals surface area (Å²) in [5.41, 5.74) is 1.29. The minimum Gasteiger partial charge on any atom is -0.506 e. The fourth-order valence-electron chi connectivity index (χ4n) is 1.28. The van der Waals surface area contributed by atoms with Crippen molar-refractivity contribution in [1.29, 1.82) is 0 Å². The highest BCUT2D eigenvalue weighted by molar-refractivity contribution is 5.92. The molecular weight excluding hydrogens is 180 g/mol. The number of aryl methyl sites for hydroxylation is 1. The van der Waals surface area contributed by atoms with Crippen LogP contribution in [0.2, 0.25) is 0 Å². The fourth-order valence-corrected chi connectivity index (χ4v) is 1.28. The van der Waals surface area contributed by atoms with Crippen LogP contribution in [0.4, 0.5) is 0 Å². The first-order valence-corrected chi connectivity index (χ1v) is 4.26. The van der Waals surface area contributed by atoms with Crippen molar-refractivity contribution < 1.29 is 15.0 Å². The van der Waals surface area contributed by atoms with Gasteiger partial charge in [0.2, 0.25) is 0 Å². The van der Waals surface area contributed by atoms with Crippen LogP contribution in [0.1, 0.15) is 28.4 Å². The Hall–Kier alpha value is -1.77. The second-order valence-electron chi connectivity index (χ2n) is 3.06. The Balaban J connectivity index is 3.39. The van der Waals surface area contributed by atoms with E-state index in [0.29, 0.717) is 5.56 Å². The molecule has 14 heavy (non-hydrogen) atoms. The number of benzene rings is 1. The van der Waals surface area contributed by atoms with Crippen molar-refractivity contribution in [2.75, 3.05) is 0 Å². The van der Waals surface area contributed by atoms with Crippen LogP contribution in [0.5, 0.6) is 5.75 Å². The van der Waals surface area contributed by atoms with E-state index in [0.717, 1.165) is 5.56 Å². The number of carboxylic acids is 1. The highest BCUT2D eigenvalue weighted by Crippen LogP contribution is 2.25. The number of hydrogen-bond acceptors (Lipinski definition) is 2. The minimum atomic E-state index is -1.11. The summed E-state index contributed by atoms with van der Waals surface area (Å²) in [5.74, 6) is -1.29. The lowest BCUT2D eigenvalue weighted by atomic mass is 10.0. The molecule has 2 N–H and O–H groups in total. The van der Waals surface area contributed by atoms with Crippen LogP contribution in [0.3, 0.4) is 0 Å². The van der Waals surface area contributed by atoms with Crippen molar-refractivity contribution in [3.63, 3.8) is 0 Å². The third-order valence-corrected chi connectivity index (χ3v) is 1.86. The first-order valence-electron chi connectivity index (χ1n) is 4.26. The quantitative estimate of drug-likeness (QED) is 0.756. The summed E-state index contributed by atoms with van der Waals surface area (Å²) in [6, 6.07) is 3.19. The van der Waals surface area contributed by atoms with E-state index in [4.69, 9.17) is 5.11 Å². The Kier molecular flexibility index (Phi) is 2.92. The van der Waals surface area contributed by atoms with E-state index >= 15 is 0 Å². The van der Waals surface area contributed by atoms with Gasteiger partial charge in [-0.3, -0.25) is 0 Å². The van der Waals surface area contributed by atoms with Gasteiger partial charge in [0, 0.05) is 5.56 Å². The zero-order valence-corrected chi connectivity index (χ0v) is 8.11. The van der Waals surface area contributed by atoms with E-state index in [9.17, 15) is 9.90 Å². The highest BCUT2D eigenvalue weighted by atomic mass is 16.4. The number of allylic oxidation sites excluding steroid dienone is 1. The van der Waals surface area contributed by atoms with Gasteiger partial charge in [0.05, 0.1) is 0 Å². The molecule has 0 saturated heterocycles. The van der Waals surface area contributed by atoms with Crippen LogP contribution in [-0.4, -0.2) is 16.2 Å². The standard InChI is InChI=1S/C11H12O3/c1-3-4-8-5-7(2)6-9(10(8)12)11(13)14/h3-6,12H,1-2H3,(H,13,14)/b4-3+. The molecule has 0 unspecified atom stereocenters. The Bertz CT molecular complexity index is 392. The van der Waals surface area contributed by atoms with Crippen molar-refractivity contribution >= 4 is 12.0 Å². The Labute approximate surface area is 82.3 Å². The van der Waals surface area contributed by atoms with Crippen molar-refractivity contribution in [3.8, 4) is 5.75 Å². The van der Waals surface area contributed by atoms with Crippen LogP contribution >= 0.6 is 0 Å². The molecule has 0 saturated carbocycles. The third-order valence-electron chi connectivity index (χ3n) is 1.86. The van der Waals surface area contributed by atoms with Crippen molar-refractivity contribution in [2.45, 2.75) is 13.8 Å². The SMILES string of the molecule is C/C=C/c1cc(C)cc(C(=O)O)c1O. The molecule has 3 nitrogen and oxygen atoms in total. The van der Waals surface area contributed by atoms with E-state index in [1.54, 1.807) is 25.1 Å². The average molecular weight is 192 g/mol. The van der Waals surface area contributed by atoms with E-state index in [1.165, 1.54) is 6.07 Å². The van der Waals surface area contributed by atoms with Crippen molar-refractivity contribution in [3.05, 3.63) is 34.9 Å². The zero-order chi connectivity index (χ0) is 10.7. The molecule has 0 aliphatic heterocycles. The Morgan fingerprint density at radius 3 is 2.57 bits per heavy atom. The monoisotopic (exact) mass is 192 g/mol. The van der Waals surface area contributed by atoms with Gasteiger partial charge in [-0.2, -0.15) is 0 Å². The molecule has 1 aromatic rings. The van der Waals surface area contributed by atoms with Gasteiger partial charge in [-0.1, -0.05) is 12.2 Å². The second kappa shape index (κ2) is 3.96. The van der Waals surface area contributed by atoms with Gasteiger partial charge in [0.1, 0.15) is 11.3 Å². The van der Waals surface area contributed by atoms with Crippen LogP contribution in [-0.2, 0) is 0 Å². The lowest BCUT2D eigenvalue weighted by Crippen LogP contribution is -1.98. The number of carbonyl (C=O) groups is 1. The van der Waals surface area contributed by atoms with Gasteiger partial charge >= 0.3 is 5.97 Å². The maximum atomic E-state index is 10.7. The lowest BCUT2D eigenvalue weighted by molar-refractivity contribution is 0.0693. The summed E-state index contributed by atoms with van der Waals surface area (Å²) in [4.78, 5) is 10.7. The minimum absolute atomic E-state index is 0.0573.